The molecule has 1 rings (SSSR count). The SMILES string of the molecule is CN(C)CCN(C(=O)CCCCCl)C1CCN(C)CC1. The van der Waals surface area contributed by atoms with Gasteiger partial charge >= 0.3 is 0 Å². The Morgan fingerprint density at radius 3 is 2.40 bits per heavy atom. The van der Waals surface area contributed by atoms with Gasteiger partial charge in [-0.1, -0.05) is 0 Å². The van der Waals surface area contributed by atoms with Gasteiger partial charge in [0.2, 0.25) is 5.91 Å². The molecule has 1 amide bonds. The summed E-state index contributed by atoms with van der Waals surface area (Å²) in [7, 11) is 6.28. The smallest absolute Gasteiger partial charge is 0.222 e. The van der Waals surface area contributed by atoms with Gasteiger partial charge in [-0.15, -0.1) is 11.6 Å². The van der Waals surface area contributed by atoms with Gasteiger partial charge in [-0.25, -0.2) is 0 Å². The fourth-order valence-electron chi connectivity index (χ4n) is 2.64. The monoisotopic (exact) mass is 303 g/mol. The Bertz CT molecular complexity index is 278. The molecule has 0 aromatic carbocycles. The van der Waals surface area contributed by atoms with E-state index in [0.717, 1.165) is 51.9 Å². The summed E-state index contributed by atoms with van der Waals surface area (Å²) in [6, 6.07) is 0.426. The van der Waals surface area contributed by atoms with Gasteiger partial charge in [0, 0.05) is 31.4 Å². The van der Waals surface area contributed by atoms with Crippen molar-refractivity contribution in [1.29, 1.82) is 0 Å². The Hall–Kier alpha value is -0.320. The maximum Gasteiger partial charge on any atom is 0.222 e. The number of likely N-dealkylation sites (N-methyl/N-ethyl adjacent to an activating group) is 1. The maximum atomic E-state index is 12.5. The third kappa shape index (κ3) is 6.42. The van der Waals surface area contributed by atoms with E-state index in [1.807, 2.05) is 0 Å². The number of amides is 1. The zero-order valence-electron chi connectivity index (χ0n) is 13.3. The predicted molar refractivity (Wildman–Crippen MR) is 85.4 cm³/mol. The Morgan fingerprint density at radius 2 is 1.85 bits per heavy atom. The molecule has 0 atom stereocenters. The normalized spacial score (nSPS) is 17.6. The minimum Gasteiger partial charge on any atom is -0.338 e. The Kier molecular flexibility index (Phi) is 8.50. The van der Waals surface area contributed by atoms with Crippen LogP contribution in [0.4, 0.5) is 0 Å². The van der Waals surface area contributed by atoms with Gasteiger partial charge in [0.25, 0.3) is 0 Å². The molecule has 0 aromatic heterocycles. The average Bonchev–Trinajstić information content (AvgIpc) is 2.41. The highest BCUT2D eigenvalue weighted by Gasteiger charge is 2.26. The first-order valence-corrected chi connectivity index (χ1v) is 8.26. The van der Waals surface area contributed by atoms with Crippen LogP contribution in [0.15, 0.2) is 0 Å². The second-order valence-corrected chi connectivity index (χ2v) is 6.45. The molecule has 0 aromatic rings. The van der Waals surface area contributed by atoms with Crippen LogP contribution in [-0.4, -0.2) is 79.9 Å². The highest BCUT2D eigenvalue weighted by atomic mass is 35.5. The first kappa shape index (κ1) is 17.7. The third-order valence-electron chi connectivity index (χ3n) is 4.01. The molecule has 0 spiro atoms. The molecule has 0 unspecified atom stereocenters. The second-order valence-electron chi connectivity index (χ2n) is 6.07. The van der Waals surface area contributed by atoms with Crippen molar-refractivity contribution in [2.45, 2.75) is 38.1 Å². The molecule has 1 fully saturated rings. The molecule has 4 nitrogen and oxygen atoms in total. The number of carbonyl (C=O) groups is 1. The molecule has 0 radical (unpaired) electrons. The molecule has 1 heterocycles. The van der Waals surface area contributed by atoms with Crippen molar-refractivity contribution in [2.24, 2.45) is 0 Å². The highest BCUT2D eigenvalue weighted by molar-refractivity contribution is 6.17. The number of halogens is 1. The van der Waals surface area contributed by atoms with Gasteiger partial charge in [-0.2, -0.15) is 0 Å². The first-order valence-electron chi connectivity index (χ1n) is 7.73. The molecule has 118 valence electrons. The van der Waals surface area contributed by atoms with Crippen LogP contribution in [0, 0.1) is 0 Å². The van der Waals surface area contributed by atoms with E-state index >= 15 is 0 Å². The zero-order valence-corrected chi connectivity index (χ0v) is 14.0. The van der Waals surface area contributed by atoms with Crippen LogP contribution in [0.2, 0.25) is 0 Å². The molecule has 20 heavy (non-hydrogen) atoms. The lowest BCUT2D eigenvalue weighted by molar-refractivity contribution is -0.134. The van der Waals surface area contributed by atoms with E-state index in [-0.39, 0.29) is 0 Å². The van der Waals surface area contributed by atoms with Crippen molar-refractivity contribution in [1.82, 2.24) is 14.7 Å². The van der Waals surface area contributed by atoms with Crippen molar-refractivity contribution in [3.8, 4) is 0 Å². The van der Waals surface area contributed by atoms with Crippen LogP contribution in [0.3, 0.4) is 0 Å². The van der Waals surface area contributed by atoms with Crippen LogP contribution in [0.1, 0.15) is 32.1 Å². The molecule has 0 bridgehead atoms. The van der Waals surface area contributed by atoms with Crippen molar-refractivity contribution in [3.63, 3.8) is 0 Å². The van der Waals surface area contributed by atoms with E-state index in [1.54, 1.807) is 0 Å². The average molecular weight is 304 g/mol. The second kappa shape index (κ2) is 9.59. The number of unbranched alkanes of at least 4 members (excludes halogenated alkanes) is 1. The molecule has 1 saturated heterocycles. The third-order valence-corrected chi connectivity index (χ3v) is 4.28. The summed E-state index contributed by atoms with van der Waals surface area (Å²) in [5, 5.41) is 0. The van der Waals surface area contributed by atoms with E-state index in [1.165, 1.54) is 0 Å². The van der Waals surface area contributed by atoms with E-state index < -0.39 is 0 Å². The summed E-state index contributed by atoms with van der Waals surface area (Å²) in [5.74, 6) is 0.964. The topological polar surface area (TPSA) is 26.8 Å². The van der Waals surface area contributed by atoms with Gasteiger partial charge < -0.3 is 14.7 Å². The number of carbonyl (C=O) groups excluding carboxylic acids is 1. The summed E-state index contributed by atoms with van der Waals surface area (Å²) >= 11 is 5.69. The van der Waals surface area contributed by atoms with Crippen LogP contribution < -0.4 is 0 Å². The van der Waals surface area contributed by atoms with Crippen molar-refractivity contribution in [3.05, 3.63) is 0 Å². The van der Waals surface area contributed by atoms with E-state index in [0.29, 0.717) is 24.2 Å². The summed E-state index contributed by atoms with van der Waals surface area (Å²) in [6.07, 6.45) is 4.69. The van der Waals surface area contributed by atoms with Crippen LogP contribution in [-0.2, 0) is 4.79 Å². The van der Waals surface area contributed by atoms with Crippen molar-refractivity contribution < 1.29 is 4.79 Å². The number of nitrogens with zero attached hydrogens (tertiary/aromatic N) is 3. The fourth-order valence-corrected chi connectivity index (χ4v) is 2.83. The van der Waals surface area contributed by atoms with E-state index in [9.17, 15) is 4.79 Å². The molecule has 0 N–H and O–H groups in total. The molecule has 0 saturated carbocycles. The Morgan fingerprint density at radius 1 is 1.20 bits per heavy atom. The lowest BCUT2D eigenvalue weighted by Crippen LogP contribution is -2.48. The maximum absolute atomic E-state index is 12.5. The van der Waals surface area contributed by atoms with Gasteiger partial charge in [0.15, 0.2) is 0 Å². The molecule has 1 aliphatic heterocycles. The standard InChI is InChI=1S/C15H30ClN3O/c1-17(2)12-13-19(15(20)6-4-5-9-16)14-7-10-18(3)11-8-14/h14H,4-13H2,1-3H3. The van der Waals surface area contributed by atoms with Crippen LogP contribution >= 0.6 is 11.6 Å². The molecular weight excluding hydrogens is 274 g/mol. The highest BCUT2D eigenvalue weighted by Crippen LogP contribution is 2.17. The van der Waals surface area contributed by atoms with Crippen molar-refractivity contribution in [2.75, 3.05) is 53.2 Å². The Labute approximate surface area is 129 Å². The lowest BCUT2D eigenvalue weighted by Gasteiger charge is -2.38. The first-order chi connectivity index (χ1) is 9.54. The largest absolute Gasteiger partial charge is 0.338 e. The minimum atomic E-state index is 0.312. The number of likely N-dealkylation sites (tertiary alicyclic amines) is 1. The van der Waals surface area contributed by atoms with E-state index in [2.05, 4.69) is 35.8 Å². The molecule has 1 aliphatic rings. The quantitative estimate of drug-likeness (QED) is 0.506. The summed E-state index contributed by atoms with van der Waals surface area (Å²) in [4.78, 5) is 19.1. The van der Waals surface area contributed by atoms with E-state index in [4.69, 9.17) is 11.6 Å². The fraction of sp³-hybridized carbons (Fsp3) is 0.933. The van der Waals surface area contributed by atoms with Gasteiger partial charge in [0.1, 0.15) is 0 Å². The zero-order chi connectivity index (χ0) is 15.0. The van der Waals surface area contributed by atoms with Gasteiger partial charge in [0.05, 0.1) is 0 Å². The predicted octanol–water partition coefficient (Wildman–Crippen LogP) is 1.88. The molecule has 5 heteroatoms. The summed E-state index contributed by atoms with van der Waals surface area (Å²) in [6.45, 7) is 3.98. The summed E-state index contributed by atoms with van der Waals surface area (Å²) < 4.78 is 0. The van der Waals surface area contributed by atoms with Crippen molar-refractivity contribution >= 4 is 17.5 Å². The van der Waals surface area contributed by atoms with Gasteiger partial charge in [-0.05, 0) is 59.9 Å². The number of alkyl halides is 1. The number of piperidine rings is 1. The van der Waals surface area contributed by atoms with Crippen LogP contribution in [0.25, 0.3) is 0 Å². The van der Waals surface area contributed by atoms with Gasteiger partial charge in [-0.3, -0.25) is 4.79 Å². The lowest BCUT2D eigenvalue weighted by atomic mass is 10.0. The number of hydrogen-bond donors (Lipinski definition) is 0. The number of hydrogen-bond acceptors (Lipinski definition) is 3. The van der Waals surface area contributed by atoms with Crippen LogP contribution in [0.5, 0.6) is 0 Å². The Balaban J connectivity index is 2.52. The minimum absolute atomic E-state index is 0.312. The molecular formula is C15H30ClN3O. The molecule has 0 aliphatic carbocycles. The summed E-state index contributed by atoms with van der Waals surface area (Å²) in [5.41, 5.74) is 0. The number of rotatable bonds is 8.